The maximum atomic E-state index is 7.34. The van der Waals surface area contributed by atoms with Crippen molar-refractivity contribution in [1.29, 1.82) is 5.41 Å². The fraction of sp³-hybridized carbons (Fsp3) is 0.500. The van der Waals surface area contributed by atoms with Gasteiger partial charge in [-0.25, -0.2) is 0 Å². The Balaban J connectivity index is 2.03. The van der Waals surface area contributed by atoms with Crippen LogP contribution in [0.3, 0.4) is 0 Å². The molecule has 10 N–H and O–H groups in total. The minimum Gasteiger partial charge on any atom is -0.494 e. The highest BCUT2D eigenvalue weighted by Gasteiger charge is 1.98. The Bertz CT molecular complexity index is 608. The number of aliphatic imine (C=N–C) groups is 2. The van der Waals surface area contributed by atoms with E-state index in [-0.39, 0.29) is 11.8 Å². The number of guanidine groups is 2. The number of rotatable bonds is 13. The summed E-state index contributed by atoms with van der Waals surface area (Å²) >= 11 is 0. The van der Waals surface area contributed by atoms with Crippen molar-refractivity contribution in [2.24, 2.45) is 32.9 Å². The van der Waals surface area contributed by atoms with Gasteiger partial charge in [0.15, 0.2) is 11.9 Å². The van der Waals surface area contributed by atoms with Gasteiger partial charge in [0.1, 0.15) is 11.6 Å². The van der Waals surface area contributed by atoms with Crippen molar-refractivity contribution in [3.63, 3.8) is 0 Å². The zero-order valence-corrected chi connectivity index (χ0v) is 15.8. The van der Waals surface area contributed by atoms with Crippen LogP contribution in [0.15, 0.2) is 34.3 Å². The van der Waals surface area contributed by atoms with Gasteiger partial charge in [-0.2, -0.15) is 0 Å². The molecule has 0 saturated carbocycles. The molecule has 0 bridgehead atoms. The Labute approximate surface area is 160 Å². The zero-order valence-electron chi connectivity index (χ0n) is 15.8. The van der Waals surface area contributed by atoms with Crippen molar-refractivity contribution in [2.75, 3.05) is 26.2 Å². The highest BCUT2D eigenvalue weighted by molar-refractivity contribution is 5.94. The summed E-state index contributed by atoms with van der Waals surface area (Å²) in [4.78, 5) is 8.22. The average molecular weight is 377 g/mol. The summed E-state index contributed by atoms with van der Waals surface area (Å²) in [5.74, 6) is 1.40. The molecular weight excluding hydrogens is 344 g/mol. The van der Waals surface area contributed by atoms with E-state index >= 15 is 0 Å². The van der Waals surface area contributed by atoms with E-state index < -0.39 is 0 Å². The van der Waals surface area contributed by atoms with Crippen LogP contribution in [0.1, 0.15) is 37.7 Å². The molecular formula is C18H32N8O. The molecule has 0 aliphatic rings. The molecule has 0 heterocycles. The topological polar surface area (TPSA) is 174 Å². The molecule has 0 aromatic heterocycles. The molecule has 0 amide bonds. The van der Waals surface area contributed by atoms with Gasteiger partial charge in [0.05, 0.1) is 6.61 Å². The van der Waals surface area contributed by atoms with Crippen LogP contribution in [0.25, 0.3) is 0 Å². The van der Waals surface area contributed by atoms with Gasteiger partial charge in [-0.1, -0.05) is 12.8 Å². The fourth-order valence-electron chi connectivity index (χ4n) is 2.26. The van der Waals surface area contributed by atoms with E-state index in [2.05, 4.69) is 15.3 Å². The lowest BCUT2D eigenvalue weighted by Gasteiger charge is -2.07. The van der Waals surface area contributed by atoms with E-state index in [1.165, 1.54) is 0 Å². The van der Waals surface area contributed by atoms with Crippen LogP contribution in [0, 0.1) is 5.41 Å². The second-order valence-corrected chi connectivity index (χ2v) is 6.05. The zero-order chi connectivity index (χ0) is 19.9. The average Bonchev–Trinajstić information content (AvgIpc) is 2.63. The van der Waals surface area contributed by atoms with Crippen molar-refractivity contribution < 1.29 is 4.74 Å². The molecule has 1 aromatic carbocycles. The lowest BCUT2D eigenvalue weighted by atomic mass is 10.2. The number of nitrogens with one attached hydrogen (secondary N) is 2. The van der Waals surface area contributed by atoms with Gasteiger partial charge in [-0.3, -0.25) is 15.4 Å². The fourth-order valence-corrected chi connectivity index (χ4v) is 2.26. The maximum absolute atomic E-state index is 7.34. The molecule has 9 heteroatoms. The molecule has 0 fully saturated rings. The molecule has 0 atom stereocenters. The van der Waals surface area contributed by atoms with E-state index in [1.54, 1.807) is 24.3 Å². The number of amidine groups is 1. The first-order valence-electron chi connectivity index (χ1n) is 9.15. The van der Waals surface area contributed by atoms with Gasteiger partial charge in [0.25, 0.3) is 0 Å². The Morgan fingerprint density at radius 1 is 0.889 bits per heavy atom. The number of benzene rings is 1. The van der Waals surface area contributed by atoms with Gasteiger partial charge in [-0.15, -0.1) is 0 Å². The number of hydrogen-bond acceptors (Lipinski definition) is 4. The van der Waals surface area contributed by atoms with Crippen molar-refractivity contribution in [1.82, 2.24) is 5.32 Å². The van der Waals surface area contributed by atoms with Gasteiger partial charge in [0, 0.05) is 31.6 Å². The van der Waals surface area contributed by atoms with Crippen molar-refractivity contribution >= 4 is 17.8 Å². The van der Waals surface area contributed by atoms with Crippen LogP contribution in [0.5, 0.6) is 5.75 Å². The summed E-state index contributed by atoms with van der Waals surface area (Å²) in [5.41, 5.74) is 22.4. The third-order valence-corrected chi connectivity index (χ3v) is 3.70. The number of nitrogen functional groups attached to an aromatic ring is 1. The molecule has 0 unspecified atom stereocenters. The molecule has 0 aliphatic heterocycles. The summed E-state index contributed by atoms with van der Waals surface area (Å²) in [6.07, 6.45) is 4.95. The van der Waals surface area contributed by atoms with Crippen molar-refractivity contribution in [3.8, 4) is 5.75 Å². The first-order chi connectivity index (χ1) is 13.0. The predicted molar refractivity (Wildman–Crippen MR) is 111 cm³/mol. The number of nitrogens with zero attached hydrogens (tertiary/aromatic N) is 2. The van der Waals surface area contributed by atoms with Crippen LogP contribution < -0.4 is 33.0 Å². The van der Waals surface area contributed by atoms with Crippen LogP contribution in [0.2, 0.25) is 0 Å². The largest absolute Gasteiger partial charge is 0.494 e. The second-order valence-electron chi connectivity index (χ2n) is 6.05. The quantitative estimate of drug-likeness (QED) is 0.166. The predicted octanol–water partition coefficient (Wildman–Crippen LogP) is 0.478. The summed E-state index contributed by atoms with van der Waals surface area (Å²) in [6, 6.07) is 7.12. The molecule has 0 spiro atoms. The molecule has 0 aliphatic carbocycles. The first kappa shape index (κ1) is 22.1. The molecule has 1 aromatic rings. The lowest BCUT2D eigenvalue weighted by molar-refractivity contribution is 0.313. The van der Waals surface area contributed by atoms with Crippen LogP contribution in [-0.4, -0.2) is 44.0 Å². The van der Waals surface area contributed by atoms with E-state index in [0.717, 1.165) is 44.4 Å². The first-order valence-corrected chi connectivity index (χ1v) is 9.15. The standard InChI is InChI=1S/C18H32N8O/c19-16(20)14-6-8-15(9-7-14)27-13-5-12-26-18(23)25-11-4-2-1-3-10-24-17(21)22/h6-9H,1-5,10-13H2,(H3,19,20)(H4,21,22,24)(H3,23,25,26). The molecule has 0 radical (unpaired) electrons. The summed E-state index contributed by atoms with van der Waals surface area (Å²) in [5, 5.41) is 10.4. The van der Waals surface area contributed by atoms with Crippen molar-refractivity contribution in [2.45, 2.75) is 32.1 Å². The van der Waals surface area contributed by atoms with E-state index in [1.807, 2.05) is 0 Å². The Hall–Kier alpha value is -2.97. The monoisotopic (exact) mass is 376 g/mol. The normalized spacial score (nSPS) is 11.0. The summed E-state index contributed by atoms with van der Waals surface area (Å²) in [7, 11) is 0. The minimum atomic E-state index is 0.0461. The van der Waals surface area contributed by atoms with Gasteiger partial charge in [-0.05, 0) is 37.1 Å². The second kappa shape index (κ2) is 13.3. The van der Waals surface area contributed by atoms with Crippen LogP contribution in [0.4, 0.5) is 0 Å². The Morgan fingerprint density at radius 2 is 1.56 bits per heavy atom. The van der Waals surface area contributed by atoms with Gasteiger partial charge in [0.2, 0.25) is 0 Å². The number of hydrogen-bond donors (Lipinski definition) is 6. The highest BCUT2D eigenvalue weighted by atomic mass is 16.5. The third-order valence-electron chi connectivity index (χ3n) is 3.70. The van der Waals surface area contributed by atoms with Crippen LogP contribution in [-0.2, 0) is 0 Å². The Morgan fingerprint density at radius 3 is 2.22 bits per heavy atom. The molecule has 1 rings (SSSR count). The smallest absolute Gasteiger partial charge is 0.188 e. The number of nitrogens with two attached hydrogens (primary N) is 4. The van der Waals surface area contributed by atoms with E-state index in [0.29, 0.717) is 31.2 Å². The minimum absolute atomic E-state index is 0.0461. The third kappa shape index (κ3) is 11.3. The maximum Gasteiger partial charge on any atom is 0.188 e. The van der Waals surface area contributed by atoms with E-state index in [9.17, 15) is 0 Å². The summed E-state index contributed by atoms with van der Waals surface area (Å²) in [6.45, 7) is 2.63. The number of unbranched alkanes of at least 4 members (excludes halogenated alkanes) is 3. The lowest BCUT2D eigenvalue weighted by Crippen LogP contribution is -2.32. The van der Waals surface area contributed by atoms with E-state index in [4.69, 9.17) is 33.1 Å². The highest BCUT2D eigenvalue weighted by Crippen LogP contribution is 2.11. The molecule has 9 nitrogen and oxygen atoms in total. The number of ether oxygens (including phenoxy) is 1. The Kier molecular flexibility index (Phi) is 10.8. The van der Waals surface area contributed by atoms with Gasteiger partial charge >= 0.3 is 0 Å². The molecule has 0 saturated heterocycles. The molecule has 150 valence electrons. The summed E-state index contributed by atoms with van der Waals surface area (Å²) < 4.78 is 5.62. The van der Waals surface area contributed by atoms with Gasteiger partial charge < -0.3 is 33.0 Å². The van der Waals surface area contributed by atoms with Crippen molar-refractivity contribution in [3.05, 3.63) is 29.8 Å². The molecule has 27 heavy (non-hydrogen) atoms. The SMILES string of the molecule is N=C(N)c1ccc(OCCCN=C(N)NCCCCCCN=C(N)N)cc1. The van der Waals surface area contributed by atoms with Crippen LogP contribution >= 0.6 is 0 Å².